The van der Waals surface area contributed by atoms with Crippen LogP contribution in [0, 0.1) is 0 Å². The normalized spacial score (nSPS) is 11.4. The molecule has 2 rings (SSSR count). The Morgan fingerprint density at radius 1 is 1.19 bits per heavy atom. The van der Waals surface area contributed by atoms with Gasteiger partial charge < -0.3 is 5.32 Å². The van der Waals surface area contributed by atoms with Gasteiger partial charge in [0.05, 0.1) is 5.54 Å². The highest BCUT2D eigenvalue weighted by molar-refractivity contribution is 7.09. The molecule has 0 unspecified atom stereocenters. The lowest BCUT2D eigenvalue weighted by atomic mass is 10.1. The second kappa shape index (κ2) is 4.35. The van der Waals surface area contributed by atoms with E-state index in [-0.39, 0.29) is 5.54 Å². The Labute approximate surface area is 103 Å². The molecule has 0 saturated carbocycles. The summed E-state index contributed by atoms with van der Waals surface area (Å²) in [5.74, 6) is 0.573. The molecule has 4 nitrogen and oxygen atoms in total. The van der Waals surface area contributed by atoms with E-state index in [2.05, 4.69) is 20.3 Å². The number of nitrogens with zero attached hydrogens (tertiary/aromatic N) is 3. The monoisotopic (exact) mass is 254 g/mol. The largest absolute Gasteiger partial charge is 0.356 e. The molecule has 6 heteroatoms. The number of halogens is 1. The molecule has 0 aliphatic rings. The fourth-order valence-electron chi connectivity index (χ4n) is 1.29. The van der Waals surface area contributed by atoms with Gasteiger partial charge in [-0.3, -0.25) is 0 Å². The Kier molecular flexibility index (Phi) is 3.07. The van der Waals surface area contributed by atoms with Gasteiger partial charge in [-0.2, -0.15) is 0 Å². The van der Waals surface area contributed by atoms with Crippen LogP contribution in [0.3, 0.4) is 0 Å². The van der Waals surface area contributed by atoms with Gasteiger partial charge in [-0.1, -0.05) is 11.6 Å². The highest BCUT2D eigenvalue weighted by Crippen LogP contribution is 2.28. The van der Waals surface area contributed by atoms with Crippen molar-refractivity contribution in [2.24, 2.45) is 0 Å². The highest BCUT2D eigenvalue weighted by atomic mass is 35.5. The Bertz CT molecular complexity index is 469. The molecule has 0 fully saturated rings. The predicted molar refractivity (Wildman–Crippen MR) is 65.8 cm³/mol. The molecule has 2 aromatic heterocycles. The van der Waals surface area contributed by atoms with Gasteiger partial charge in [-0.25, -0.2) is 15.0 Å². The van der Waals surface area contributed by atoms with E-state index in [1.807, 2.05) is 19.2 Å². The smallest absolute Gasteiger partial charge is 0.171 e. The Morgan fingerprint density at radius 2 is 1.94 bits per heavy atom. The number of hydrogen-bond donors (Lipinski definition) is 1. The third-order valence-electron chi connectivity index (χ3n) is 2.05. The first-order valence-corrected chi connectivity index (χ1v) is 6.00. The zero-order chi connectivity index (χ0) is 11.6. The van der Waals surface area contributed by atoms with Crippen molar-refractivity contribution >= 4 is 28.8 Å². The van der Waals surface area contributed by atoms with Crippen molar-refractivity contribution in [3.05, 3.63) is 34.1 Å². The summed E-state index contributed by atoms with van der Waals surface area (Å²) in [6, 6.07) is 0. The predicted octanol–water partition coefficient (Wildman–Crippen LogP) is 2.93. The van der Waals surface area contributed by atoms with Crippen LogP contribution in [-0.2, 0) is 5.54 Å². The molecule has 0 aliphatic carbocycles. The molecule has 0 saturated heterocycles. The van der Waals surface area contributed by atoms with Gasteiger partial charge in [-0.15, -0.1) is 11.3 Å². The zero-order valence-corrected chi connectivity index (χ0v) is 10.5. The molecular formula is C10H11ClN4S. The minimum absolute atomic E-state index is 0.312. The highest BCUT2D eigenvalue weighted by Gasteiger charge is 2.24. The molecule has 0 amide bonds. The Balaban J connectivity index is 2.25. The second-order valence-corrected chi connectivity index (χ2v) is 5.04. The molecule has 16 heavy (non-hydrogen) atoms. The quantitative estimate of drug-likeness (QED) is 0.915. The van der Waals surface area contributed by atoms with Crippen molar-refractivity contribution in [1.82, 2.24) is 15.0 Å². The third-order valence-corrected chi connectivity index (χ3v) is 3.42. The lowest BCUT2D eigenvalue weighted by molar-refractivity contribution is 0.600. The summed E-state index contributed by atoms with van der Waals surface area (Å²) >= 11 is 7.53. The summed E-state index contributed by atoms with van der Waals surface area (Å²) < 4.78 is 0. The fourth-order valence-corrected chi connectivity index (χ4v) is 2.16. The number of hydrogen-bond acceptors (Lipinski definition) is 5. The van der Waals surface area contributed by atoms with Gasteiger partial charge in [0.25, 0.3) is 0 Å². The molecule has 1 N–H and O–H groups in total. The van der Waals surface area contributed by atoms with Gasteiger partial charge in [0, 0.05) is 24.0 Å². The topological polar surface area (TPSA) is 50.7 Å². The van der Waals surface area contributed by atoms with Crippen molar-refractivity contribution < 1.29 is 0 Å². The first-order chi connectivity index (χ1) is 7.59. The van der Waals surface area contributed by atoms with Crippen LogP contribution in [0.2, 0.25) is 5.15 Å². The van der Waals surface area contributed by atoms with Crippen molar-refractivity contribution in [1.29, 1.82) is 0 Å². The van der Waals surface area contributed by atoms with Crippen LogP contribution < -0.4 is 5.32 Å². The first kappa shape index (κ1) is 11.3. The second-order valence-electron chi connectivity index (χ2n) is 3.78. The molecule has 0 atom stereocenters. The Morgan fingerprint density at radius 3 is 2.56 bits per heavy atom. The first-order valence-electron chi connectivity index (χ1n) is 4.74. The van der Waals surface area contributed by atoms with Crippen LogP contribution in [-0.4, -0.2) is 15.0 Å². The summed E-state index contributed by atoms with van der Waals surface area (Å²) in [5, 5.41) is 6.52. The zero-order valence-electron chi connectivity index (χ0n) is 8.94. The maximum atomic E-state index is 5.94. The van der Waals surface area contributed by atoms with E-state index in [9.17, 15) is 0 Å². The van der Waals surface area contributed by atoms with Crippen molar-refractivity contribution in [2.45, 2.75) is 19.4 Å². The van der Waals surface area contributed by atoms with E-state index in [0.29, 0.717) is 11.0 Å². The molecule has 0 aromatic carbocycles. The number of nitrogens with one attached hydrogen (secondary N) is 1. The number of rotatable bonds is 3. The molecule has 2 heterocycles. The van der Waals surface area contributed by atoms with Crippen molar-refractivity contribution in [2.75, 3.05) is 5.32 Å². The van der Waals surface area contributed by atoms with Crippen LogP contribution in [0.1, 0.15) is 18.9 Å². The van der Waals surface area contributed by atoms with E-state index < -0.39 is 0 Å². The van der Waals surface area contributed by atoms with Crippen molar-refractivity contribution in [3.63, 3.8) is 0 Å². The van der Waals surface area contributed by atoms with E-state index in [4.69, 9.17) is 11.6 Å². The van der Waals surface area contributed by atoms with Crippen LogP contribution in [0.15, 0.2) is 24.0 Å². The van der Waals surface area contributed by atoms with E-state index in [0.717, 1.165) is 5.01 Å². The molecular weight excluding hydrogens is 244 g/mol. The van der Waals surface area contributed by atoms with Crippen LogP contribution in [0.5, 0.6) is 0 Å². The van der Waals surface area contributed by atoms with Gasteiger partial charge in [0.1, 0.15) is 5.01 Å². The number of anilines is 1. The minimum atomic E-state index is -0.312. The summed E-state index contributed by atoms with van der Waals surface area (Å²) in [5.41, 5.74) is -0.312. The maximum Gasteiger partial charge on any atom is 0.171 e. The summed E-state index contributed by atoms with van der Waals surface area (Å²) in [6.45, 7) is 4.05. The molecule has 0 aliphatic heterocycles. The lowest BCUT2D eigenvalue weighted by Crippen LogP contribution is -2.28. The van der Waals surface area contributed by atoms with Gasteiger partial charge in [0.2, 0.25) is 0 Å². The third kappa shape index (κ3) is 2.31. The average Bonchev–Trinajstić information content (AvgIpc) is 2.75. The molecule has 0 radical (unpaired) electrons. The van der Waals surface area contributed by atoms with Crippen LogP contribution >= 0.6 is 22.9 Å². The minimum Gasteiger partial charge on any atom is -0.356 e. The standard InChI is InChI=1S/C10H11ClN4S/c1-10(2,9-14-5-6-16-9)15-8-7(11)12-3-4-13-8/h3-6H,1-2H3,(H,13,15). The van der Waals surface area contributed by atoms with E-state index >= 15 is 0 Å². The fraction of sp³-hybridized carbons (Fsp3) is 0.300. The average molecular weight is 255 g/mol. The molecule has 0 spiro atoms. The molecule has 84 valence electrons. The van der Waals surface area contributed by atoms with Gasteiger partial charge in [-0.05, 0) is 13.8 Å². The van der Waals surface area contributed by atoms with Crippen LogP contribution in [0.4, 0.5) is 5.82 Å². The molecule has 2 aromatic rings. The maximum absolute atomic E-state index is 5.94. The van der Waals surface area contributed by atoms with Gasteiger partial charge >= 0.3 is 0 Å². The SMILES string of the molecule is CC(C)(Nc1nccnc1Cl)c1nccs1. The summed E-state index contributed by atoms with van der Waals surface area (Å²) in [4.78, 5) is 12.4. The Hall–Kier alpha value is -1.20. The molecule has 0 bridgehead atoms. The van der Waals surface area contributed by atoms with Crippen LogP contribution in [0.25, 0.3) is 0 Å². The number of thiazole rings is 1. The van der Waals surface area contributed by atoms with E-state index in [1.54, 1.807) is 29.9 Å². The van der Waals surface area contributed by atoms with E-state index in [1.165, 1.54) is 0 Å². The van der Waals surface area contributed by atoms with Gasteiger partial charge in [0.15, 0.2) is 11.0 Å². The summed E-state index contributed by atoms with van der Waals surface area (Å²) in [6.07, 6.45) is 4.94. The lowest BCUT2D eigenvalue weighted by Gasteiger charge is -2.24. The van der Waals surface area contributed by atoms with Crippen molar-refractivity contribution in [3.8, 4) is 0 Å². The number of aromatic nitrogens is 3. The summed E-state index contributed by atoms with van der Waals surface area (Å²) in [7, 11) is 0.